The van der Waals surface area contributed by atoms with Crippen molar-refractivity contribution in [3.05, 3.63) is 43.8 Å². The second kappa shape index (κ2) is 5.58. The van der Waals surface area contributed by atoms with E-state index in [4.69, 9.17) is 0 Å². The molecule has 2 aromatic carbocycles. The lowest BCUT2D eigenvalue weighted by Gasteiger charge is -2.09. The molecule has 1 amide bonds. The number of fused-ring (bicyclic) bond motifs is 1. The SMILES string of the molecule is Cc1c(Br)cc(Br)c2c1C(=Cc1cc(O)c(O)c(O)c1)C(=O)N2. The summed E-state index contributed by atoms with van der Waals surface area (Å²) in [5, 5.41) is 31.4. The van der Waals surface area contributed by atoms with Crippen LogP contribution in [0.3, 0.4) is 0 Å². The summed E-state index contributed by atoms with van der Waals surface area (Å²) in [6.45, 7) is 1.88. The molecule has 0 spiro atoms. The maximum absolute atomic E-state index is 12.3. The van der Waals surface area contributed by atoms with Crippen molar-refractivity contribution in [2.24, 2.45) is 0 Å². The van der Waals surface area contributed by atoms with E-state index in [1.54, 1.807) is 6.08 Å². The average molecular weight is 441 g/mol. The molecule has 1 heterocycles. The van der Waals surface area contributed by atoms with E-state index in [-0.39, 0.29) is 5.91 Å². The van der Waals surface area contributed by atoms with E-state index in [0.717, 1.165) is 20.1 Å². The number of phenolic OH excluding ortho intramolecular Hbond substituents is 3. The zero-order valence-corrected chi connectivity index (χ0v) is 15.0. The molecule has 0 radical (unpaired) electrons. The lowest BCUT2D eigenvalue weighted by Crippen LogP contribution is -2.03. The van der Waals surface area contributed by atoms with Crippen molar-refractivity contribution in [3.8, 4) is 17.2 Å². The fourth-order valence-corrected chi connectivity index (χ4v) is 3.74. The van der Waals surface area contributed by atoms with Crippen LogP contribution >= 0.6 is 31.9 Å². The number of carbonyl (C=O) groups is 1. The third kappa shape index (κ3) is 2.60. The first-order valence-corrected chi connectivity index (χ1v) is 8.15. The molecule has 0 fully saturated rings. The number of rotatable bonds is 1. The molecule has 1 aliphatic heterocycles. The van der Waals surface area contributed by atoms with Crippen LogP contribution in [-0.2, 0) is 4.79 Å². The molecule has 0 saturated heterocycles. The number of anilines is 1. The third-order valence-corrected chi connectivity index (χ3v) is 5.08. The molecule has 2 aromatic rings. The Morgan fingerprint density at radius 3 is 2.26 bits per heavy atom. The number of carbonyl (C=O) groups excluding carboxylic acids is 1. The first kappa shape index (κ1) is 15.9. The molecule has 0 saturated carbocycles. The van der Waals surface area contributed by atoms with Crippen molar-refractivity contribution in [3.63, 3.8) is 0 Å². The number of nitrogens with one attached hydrogen (secondary N) is 1. The number of amides is 1. The smallest absolute Gasteiger partial charge is 0.256 e. The highest BCUT2D eigenvalue weighted by molar-refractivity contribution is 9.11. The predicted molar refractivity (Wildman–Crippen MR) is 94.5 cm³/mol. The Hall–Kier alpha value is -1.99. The molecule has 5 nitrogen and oxygen atoms in total. The highest BCUT2D eigenvalue weighted by Gasteiger charge is 2.29. The first-order valence-electron chi connectivity index (χ1n) is 6.56. The lowest BCUT2D eigenvalue weighted by molar-refractivity contribution is -0.110. The van der Waals surface area contributed by atoms with Gasteiger partial charge >= 0.3 is 0 Å². The van der Waals surface area contributed by atoms with E-state index in [2.05, 4.69) is 37.2 Å². The largest absolute Gasteiger partial charge is 0.504 e. The zero-order chi connectivity index (χ0) is 16.9. The van der Waals surface area contributed by atoms with Crippen LogP contribution in [0.2, 0.25) is 0 Å². The fourth-order valence-electron chi connectivity index (χ4n) is 2.48. The molecule has 0 aliphatic carbocycles. The molecule has 0 atom stereocenters. The van der Waals surface area contributed by atoms with Crippen LogP contribution in [0.1, 0.15) is 16.7 Å². The molecule has 0 unspecified atom stereocenters. The zero-order valence-electron chi connectivity index (χ0n) is 11.8. The lowest BCUT2D eigenvalue weighted by atomic mass is 9.99. The Kier molecular flexibility index (Phi) is 3.85. The molecule has 23 heavy (non-hydrogen) atoms. The van der Waals surface area contributed by atoms with Crippen molar-refractivity contribution in [1.82, 2.24) is 0 Å². The van der Waals surface area contributed by atoms with Crippen molar-refractivity contribution < 1.29 is 20.1 Å². The van der Waals surface area contributed by atoms with Gasteiger partial charge in [-0.05, 0) is 58.3 Å². The highest BCUT2D eigenvalue weighted by Crippen LogP contribution is 2.44. The molecule has 3 rings (SSSR count). The summed E-state index contributed by atoms with van der Waals surface area (Å²) in [7, 11) is 0. The summed E-state index contributed by atoms with van der Waals surface area (Å²) in [4.78, 5) is 12.3. The molecule has 1 aliphatic rings. The van der Waals surface area contributed by atoms with Gasteiger partial charge in [-0.15, -0.1) is 0 Å². The number of aromatic hydroxyl groups is 3. The number of benzene rings is 2. The van der Waals surface area contributed by atoms with Gasteiger partial charge in [-0.3, -0.25) is 4.79 Å². The molecule has 4 N–H and O–H groups in total. The molecular weight excluding hydrogens is 430 g/mol. The van der Waals surface area contributed by atoms with E-state index in [1.165, 1.54) is 12.1 Å². The Bertz CT molecular complexity index is 867. The second-order valence-corrected chi connectivity index (χ2v) is 6.84. The van der Waals surface area contributed by atoms with Crippen LogP contribution < -0.4 is 5.32 Å². The maximum atomic E-state index is 12.3. The van der Waals surface area contributed by atoms with Crippen molar-refractivity contribution in [2.45, 2.75) is 6.92 Å². The van der Waals surface area contributed by atoms with E-state index < -0.39 is 17.2 Å². The van der Waals surface area contributed by atoms with Gasteiger partial charge in [-0.1, -0.05) is 15.9 Å². The van der Waals surface area contributed by atoms with Crippen molar-refractivity contribution in [1.29, 1.82) is 0 Å². The van der Waals surface area contributed by atoms with Gasteiger partial charge in [0.2, 0.25) is 0 Å². The van der Waals surface area contributed by atoms with E-state index in [0.29, 0.717) is 16.8 Å². The topological polar surface area (TPSA) is 89.8 Å². The quantitative estimate of drug-likeness (QED) is 0.396. The van der Waals surface area contributed by atoms with Gasteiger partial charge in [0.15, 0.2) is 17.2 Å². The average Bonchev–Trinajstić information content (AvgIpc) is 2.80. The Morgan fingerprint density at radius 1 is 1.04 bits per heavy atom. The normalized spacial score (nSPS) is 14.9. The maximum Gasteiger partial charge on any atom is 0.256 e. The standard InChI is InChI=1S/C16H11Br2NO4/c1-6-9(17)5-10(18)14-13(6)8(16(23)19-14)2-7-3-11(20)15(22)12(21)4-7/h2-5,20-22H,1H3,(H,19,23). The Balaban J connectivity index is 2.22. The van der Waals surface area contributed by atoms with Crippen LogP contribution in [0.15, 0.2) is 27.1 Å². The summed E-state index contributed by atoms with van der Waals surface area (Å²) in [6, 6.07) is 4.40. The number of hydrogen-bond donors (Lipinski definition) is 4. The third-order valence-electron chi connectivity index (χ3n) is 3.63. The summed E-state index contributed by atoms with van der Waals surface area (Å²) in [6.07, 6.45) is 1.55. The predicted octanol–water partition coefficient (Wildman–Crippen LogP) is 4.13. The van der Waals surface area contributed by atoms with Gasteiger partial charge < -0.3 is 20.6 Å². The van der Waals surface area contributed by atoms with Gasteiger partial charge in [0.1, 0.15) is 0 Å². The van der Waals surface area contributed by atoms with Gasteiger partial charge in [0.25, 0.3) is 5.91 Å². The minimum Gasteiger partial charge on any atom is -0.504 e. The van der Waals surface area contributed by atoms with Crippen LogP contribution in [0.5, 0.6) is 17.2 Å². The van der Waals surface area contributed by atoms with Gasteiger partial charge in [-0.2, -0.15) is 0 Å². The second-order valence-electron chi connectivity index (χ2n) is 5.14. The number of hydrogen-bond acceptors (Lipinski definition) is 4. The summed E-state index contributed by atoms with van der Waals surface area (Å²) in [5.41, 5.74) is 3.10. The van der Waals surface area contributed by atoms with E-state index in [9.17, 15) is 20.1 Å². The van der Waals surface area contributed by atoms with Gasteiger partial charge in [-0.25, -0.2) is 0 Å². The van der Waals surface area contributed by atoms with Crippen molar-refractivity contribution >= 4 is 55.1 Å². The molecule has 7 heteroatoms. The van der Waals surface area contributed by atoms with E-state index in [1.807, 2.05) is 13.0 Å². The first-order chi connectivity index (χ1) is 10.8. The minimum atomic E-state index is -0.593. The minimum absolute atomic E-state index is 0.283. The van der Waals surface area contributed by atoms with Crippen LogP contribution in [-0.4, -0.2) is 21.2 Å². The van der Waals surface area contributed by atoms with Gasteiger partial charge in [0, 0.05) is 20.1 Å². The number of phenols is 3. The van der Waals surface area contributed by atoms with Crippen molar-refractivity contribution in [2.75, 3.05) is 5.32 Å². The molecule has 0 bridgehead atoms. The molecule has 118 valence electrons. The summed E-state index contributed by atoms with van der Waals surface area (Å²) < 4.78 is 1.60. The summed E-state index contributed by atoms with van der Waals surface area (Å²) >= 11 is 6.88. The molecular formula is C16H11Br2NO4. The van der Waals surface area contributed by atoms with Crippen LogP contribution in [0.25, 0.3) is 11.6 Å². The van der Waals surface area contributed by atoms with Crippen LogP contribution in [0, 0.1) is 6.92 Å². The van der Waals surface area contributed by atoms with Crippen LogP contribution in [0.4, 0.5) is 5.69 Å². The molecule has 0 aromatic heterocycles. The van der Waals surface area contributed by atoms with Gasteiger partial charge in [0.05, 0.1) is 5.69 Å². The Morgan fingerprint density at radius 2 is 1.65 bits per heavy atom. The number of halogens is 2. The highest BCUT2D eigenvalue weighted by atomic mass is 79.9. The summed E-state index contributed by atoms with van der Waals surface area (Å²) in [5.74, 6) is -1.79. The monoisotopic (exact) mass is 439 g/mol. The van der Waals surface area contributed by atoms with E-state index >= 15 is 0 Å². The fraction of sp³-hybridized carbons (Fsp3) is 0.0625. The Labute approximate surface area is 148 Å².